The summed E-state index contributed by atoms with van der Waals surface area (Å²) in [5, 5.41) is 4.79. The Morgan fingerprint density at radius 1 is 0.818 bits per heavy atom. The normalized spacial score (nSPS) is 20.1. The summed E-state index contributed by atoms with van der Waals surface area (Å²) in [5.41, 5.74) is 2.71. The lowest BCUT2D eigenvalue weighted by Gasteiger charge is -2.32. The number of unbranched alkanes of at least 4 members (excludes halogenated alkanes) is 1. The molecule has 0 saturated carbocycles. The number of hydrogen-bond donors (Lipinski definition) is 2. The van der Waals surface area contributed by atoms with Gasteiger partial charge in [-0.05, 0) is 54.9 Å². The zero-order chi connectivity index (χ0) is 38.7. The molecular weight excluding hydrogens is 719 g/mol. The lowest BCUT2D eigenvalue weighted by molar-refractivity contribution is -0.142. The molecule has 3 heterocycles. The minimum absolute atomic E-state index is 0.0729. The molecule has 0 spiro atoms. The van der Waals surface area contributed by atoms with Gasteiger partial charge in [0.2, 0.25) is 22.8 Å². The van der Waals surface area contributed by atoms with Crippen molar-refractivity contribution in [3.05, 3.63) is 107 Å². The zero-order valence-corrected chi connectivity index (χ0v) is 32.0. The second-order valence-electron chi connectivity index (χ2n) is 14.2. The van der Waals surface area contributed by atoms with Crippen LogP contribution in [0.3, 0.4) is 0 Å². The maximum absolute atomic E-state index is 14.5. The number of likely N-dealkylation sites (tertiary alicyclic amines) is 1. The molecular formula is C42H49N5O7S. The summed E-state index contributed by atoms with van der Waals surface area (Å²) in [4.78, 5) is 86.4. The van der Waals surface area contributed by atoms with E-state index in [2.05, 4.69) is 10.6 Å². The van der Waals surface area contributed by atoms with E-state index in [-0.39, 0.29) is 54.2 Å². The molecule has 6 rings (SSSR count). The van der Waals surface area contributed by atoms with Crippen molar-refractivity contribution in [2.75, 3.05) is 53.0 Å². The molecule has 0 unspecified atom stereocenters. The second kappa shape index (κ2) is 19.1. The lowest BCUT2D eigenvalue weighted by atomic mass is 9.90. The van der Waals surface area contributed by atoms with Crippen molar-refractivity contribution in [3.63, 3.8) is 0 Å². The third-order valence-electron chi connectivity index (χ3n) is 10.6. The molecule has 3 aromatic rings. The van der Waals surface area contributed by atoms with Gasteiger partial charge >= 0.3 is 0 Å². The van der Waals surface area contributed by atoms with Crippen molar-refractivity contribution < 1.29 is 33.5 Å². The van der Waals surface area contributed by atoms with E-state index in [4.69, 9.17) is 4.74 Å². The van der Waals surface area contributed by atoms with Crippen LogP contribution in [0.4, 0.5) is 0 Å². The van der Waals surface area contributed by atoms with Gasteiger partial charge in [0.1, 0.15) is 12.1 Å². The average Bonchev–Trinajstić information content (AvgIpc) is 3.34. The van der Waals surface area contributed by atoms with E-state index in [0.29, 0.717) is 76.1 Å². The van der Waals surface area contributed by atoms with E-state index < -0.39 is 23.2 Å². The largest absolute Gasteiger partial charge is 0.379 e. The Bertz CT molecular complexity index is 1800. The number of benzene rings is 3. The summed E-state index contributed by atoms with van der Waals surface area (Å²) in [7, 11) is 1.55. The second-order valence-corrected chi connectivity index (χ2v) is 15.5. The zero-order valence-electron chi connectivity index (χ0n) is 31.2. The number of carbonyl (C=O) groups is 6. The molecule has 0 bridgehead atoms. The van der Waals surface area contributed by atoms with Gasteiger partial charge in [-0.15, -0.1) is 0 Å². The number of fused-ring (bicyclic) bond motifs is 1. The first kappa shape index (κ1) is 39.8. The van der Waals surface area contributed by atoms with Crippen LogP contribution in [0.2, 0.25) is 0 Å². The van der Waals surface area contributed by atoms with Gasteiger partial charge in [0.25, 0.3) is 11.8 Å². The Hall–Kier alpha value is -4.85. The van der Waals surface area contributed by atoms with Crippen molar-refractivity contribution in [2.45, 2.75) is 61.8 Å². The van der Waals surface area contributed by atoms with Gasteiger partial charge in [-0.25, -0.2) is 0 Å². The number of likely N-dealkylation sites (N-methyl/N-ethyl adjacent to an activating group) is 1. The average molecular weight is 768 g/mol. The van der Waals surface area contributed by atoms with Gasteiger partial charge < -0.3 is 20.3 Å². The van der Waals surface area contributed by atoms with E-state index in [0.717, 1.165) is 22.9 Å². The molecule has 2 saturated heterocycles. The van der Waals surface area contributed by atoms with Crippen molar-refractivity contribution >= 4 is 46.4 Å². The van der Waals surface area contributed by atoms with Crippen LogP contribution in [-0.4, -0.2) is 120 Å². The lowest BCUT2D eigenvalue weighted by Crippen LogP contribution is -2.56. The Balaban J connectivity index is 1.19. The van der Waals surface area contributed by atoms with Crippen LogP contribution < -0.4 is 10.6 Å². The Morgan fingerprint density at radius 2 is 1.45 bits per heavy atom. The fourth-order valence-corrected chi connectivity index (χ4v) is 8.64. The highest BCUT2D eigenvalue weighted by Gasteiger charge is 2.40. The predicted octanol–water partition coefficient (Wildman–Crippen LogP) is 3.66. The number of nitrogens with one attached hydrogen (secondary N) is 2. The number of hydrogen-bond acceptors (Lipinski definition) is 9. The first-order chi connectivity index (χ1) is 26.7. The van der Waals surface area contributed by atoms with E-state index >= 15 is 0 Å². The molecule has 3 aliphatic heterocycles. The summed E-state index contributed by atoms with van der Waals surface area (Å²) < 4.78 is 5.43. The maximum Gasteiger partial charge on any atom is 0.261 e. The minimum Gasteiger partial charge on any atom is -0.379 e. The highest BCUT2D eigenvalue weighted by atomic mass is 32.2. The topological polar surface area (TPSA) is 145 Å². The Labute approximate surface area is 326 Å². The molecule has 4 atom stereocenters. The number of imide groups is 1. The number of thioether (sulfide) groups is 1. The minimum atomic E-state index is -0.945. The first-order valence-corrected chi connectivity index (χ1v) is 20.0. The molecule has 0 aromatic heterocycles. The van der Waals surface area contributed by atoms with Gasteiger partial charge in [0, 0.05) is 39.6 Å². The third-order valence-corrected chi connectivity index (χ3v) is 11.7. The Morgan fingerprint density at radius 3 is 2.11 bits per heavy atom. The molecule has 3 aliphatic rings. The van der Waals surface area contributed by atoms with Crippen molar-refractivity contribution in [1.82, 2.24) is 25.3 Å². The molecule has 0 radical (unpaired) electrons. The van der Waals surface area contributed by atoms with E-state index in [9.17, 15) is 28.8 Å². The van der Waals surface area contributed by atoms with Crippen LogP contribution in [0, 0.1) is 0 Å². The molecule has 2 fully saturated rings. The van der Waals surface area contributed by atoms with Gasteiger partial charge in [-0.3, -0.25) is 38.6 Å². The molecule has 2 N–H and O–H groups in total. The molecule has 3 aromatic carbocycles. The summed E-state index contributed by atoms with van der Waals surface area (Å²) in [6, 6.07) is 24.4. The molecule has 12 nitrogen and oxygen atoms in total. The standard InChI is InChI=1S/C42H49N5O7S/c1-43-38(49)35(26-29-12-4-2-5-13-29)46-21-19-31(30-14-6-3-7-15-30)27-34(42(46)53)44-39(50)36(55-37(48)28-45-22-24-54-25-23-45)18-10-11-20-47-40(51)32-16-8-9-17-33(32)41(47)52/h2-9,12-17,31,34-36H,10-11,18-28H2,1H3,(H,43,49)(H,44,50)/t31-,34-,35-,36-/m0/s1. The number of amides is 5. The van der Waals surface area contributed by atoms with Crippen molar-refractivity contribution in [3.8, 4) is 0 Å². The van der Waals surface area contributed by atoms with Gasteiger partial charge in [-0.2, -0.15) is 0 Å². The van der Waals surface area contributed by atoms with Gasteiger partial charge in [0.05, 0.1) is 36.1 Å². The van der Waals surface area contributed by atoms with E-state index in [1.807, 2.05) is 65.6 Å². The molecule has 55 heavy (non-hydrogen) atoms. The number of rotatable bonds is 15. The van der Waals surface area contributed by atoms with Crippen LogP contribution in [0.15, 0.2) is 84.9 Å². The number of carbonyl (C=O) groups excluding carboxylic acids is 6. The van der Waals surface area contributed by atoms with Crippen LogP contribution in [0.1, 0.15) is 69.9 Å². The van der Waals surface area contributed by atoms with Crippen LogP contribution >= 0.6 is 11.8 Å². The summed E-state index contributed by atoms with van der Waals surface area (Å²) >= 11 is 0.960. The first-order valence-electron chi connectivity index (χ1n) is 19.1. The maximum atomic E-state index is 14.5. The number of nitrogens with zero attached hydrogens (tertiary/aromatic N) is 3. The summed E-state index contributed by atoms with van der Waals surface area (Å²) in [5.74, 6) is -1.82. The molecule has 5 amide bonds. The van der Waals surface area contributed by atoms with Crippen molar-refractivity contribution in [1.29, 1.82) is 0 Å². The molecule has 0 aliphatic carbocycles. The number of ether oxygens (including phenoxy) is 1. The van der Waals surface area contributed by atoms with Crippen LogP contribution in [-0.2, 0) is 30.3 Å². The summed E-state index contributed by atoms with van der Waals surface area (Å²) in [6.45, 7) is 2.96. The molecule has 13 heteroatoms. The van der Waals surface area contributed by atoms with Crippen LogP contribution in [0.5, 0.6) is 0 Å². The Kier molecular flexibility index (Phi) is 13.9. The van der Waals surface area contributed by atoms with E-state index in [1.165, 1.54) is 4.90 Å². The highest BCUT2D eigenvalue weighted by molar-refractivity contribution is 8.14. The summed E-state index contributed by atoms with van der Waals surface area (Å²) in [6.07, 6.45) is 2.42. The molecule has 290 valence electrons. The van der Waals surface area contributed by atoms with Crippen LogP contribution in [0.25, 0.3) is 0 Å². The SMILES string of the molecule is CNC(=O)[C@H](Cc1ccccc1)N1CC[C@H](c2ccccc2)C[C@H](NC(=O)[C@H](CCCCN2C(=O)c3ccccc3C2=O)SC(=O)CN2CCOCC2)C1=O. The third kappa shape index (κ3) is 10.1. The van der Waals surface area contributed by atoms with Gasteiger partial charge in [-0.1, -0.05) is 91.0 Å². The monoisotopic (exact) mass is 767 g/mol. The van der Waals surface area contributed by atoms with Gasteiger partial charge in [0.15, 0.2) is 0 Å². The predicted molar refractivity (Wildman–Crippen MR) is 209 cm³/mol. The fourth-order valence-electron chi connectivity index (χ4n) is 7.60. The number of morpholine rings is 1. The van der Waals surface area contributed by atoms with Crippen molar-refractivity contribution in [2.24, 2.45) is 0 Å². The smallest absolute Gasteiger partial charge is 0.261 e. The van der Waals surface area contributed by atoms with E-state index in [1.54, 1.807) is 36.2 Å². The quantitative estimate of drug-likeness (QED) is 0.175. The highest BCUT2D eigenvalue weighted by Crippen LogP contribution is 2.31. The fraction of sp³-hybridized carbons (Fsp3) is 0.429.